The minimum absolute atomic E-state index is 0. The number of carbonyl (C=O) groups excluding carboxylic acids is 2. The van der Waals surface area contributed by atoms with Crippen LogP contribution in [0.2, 0.25) is 5.02 Å². The molecule has 1 atom stereocenters. The van der Waals surface area contributed by atoms with Gasteiger partial charge in [0.25, 0.3) is 5.91 Å². The minimum atomic E-state index is -0.782. The molecule has 3 aromatic rings. The smallest absolute Gasteiger partial charge is 0.272 e. The first-order valence-corrected chi connectivity index (χ1v) is 11.3. The fourth-order valence-electron chi connectivity index (χ4n) is 3.28. The molecule has 0 bridgehead atoms. The molecule has 0 radical (unpaired) electrons. The summed E-state index contributed by atoms with van der Waals surface area (Å²) in [5, 5.41) is 0.559. The lowest BCUT2D eigenvalue weighted by Gasteiger charge is -2.25. The molecular formula is C23H20Cl2F2N4O2S. The number of nitrogens with zero attached hydrogens (tertiary/aromatic N) is 1. The van der Waals surface area contributed by atoms with Crippen molar-refractivity contribution in [3.8, 4) is 0 Å². The molecule has 11 heteroatoms. The summed E-state index contributed by atoms with van der Waals surface area (Å²) in [6, 6.07) is 14.1. The molecule has 6 nitrogen and oxygen atoms in total. The quantitative estimate of drug-likeness (QED) is 0.418. The Hall–Kier alpha value is -2.85. The van der Waals surface area contributed by atoms with E-state index in [2.05, 4.69) is 10.9 Å². The molecule has 4 N–H and O–H groups in total. The number of nitrogens with one attached hydrogen (secondary N) is 2. The minimum Gasteiger partial charge on any atom is -0.319 e. The Morgan fingerprint density at radius 1 is 1.12 bits per heavy atom. The van der Waals surface area contributed by atoms with E-state index in [-0.39, 0.29) is 36.2 Å². The lowest BCUT2D eigenvalue weighted by molar-refractivity contribution is -0.119. The zero-order chi connectivity index (χ0) is 23.5. The highest BCUT2D eigenvalue weighted by Gasteiger charge is 2.30. The Balaban J connectivity index is 0.00000324. The van der Waals surface area contributed by atoms with E-state index in [1.165, 1.54) is 53.1 Å². The molecule has 0 unspecified atom stereocenters. The molecule has 1 heterocycles. The molecule has 178 valence electrons. The molecule has 34 heavy (non-hydrogen) atoms. The number of amides is 2. The summed E-state index contributed by atoms with van der Waals surface area (Å²) in [6.07, 6.45) is 0. The Bertz CT molecular complexity index is 1200. The highest BCUT2D eigenvalue weighted by atomic mass is 35.5. The molecule has 1 aliphatic heterocycles. The third-order valence-corrected chi connectivity index (χ3v) is 6.42. The fourth-order valence-corrected chi connectivity index (χ4v) is 4.41. The number of nitrogens with two attached hydrogens (primary N) is 1. The SMILES string of the molecule is Cl.N[C@H]1CSc2cc(F)c(C(=O)NNc3ccc(F)cc3)cc2N(Cc2ccc(Cl)cc2)C1=O. The molecule has 0 spiro atoms. The molecule has 0 aromatic heterocycles. The summed E-state index contributed by atoms with van der Waals surface area (Å²) in [4.78, 5) is 27.7. The van der Waals surface area contributed by atoms with Gasteiger partial charge < -0.3 is 10.6 Å². The Kier molecular flexibility index (Phi) is 8.37. The van der Waals surface area contributed by atoms with Gasteiger partial charge in [-0.15, -0.1) is 24.2 Å². The van der Waals surface area contributed by atoms with E-state index in [9.17, 15) is 18.4 Å². The van der Waals surface area contributed by atoms with Crippen LogP contribution in [0.1, 0.15) is 15.9 Å². The van der Waals surface area contributed by atoms with Crippen LogP contribution in [0.5, 0.6) is 0 Å². The maximum Gasteiger partial charge on any atom is 0.272 e. The van der Waals surface area contributed by atoms with E-state index in [4.69, 9.17) is 17.3 Å². The predicted octanol–water partition coefficient (Wildman–Crippen LogP) is 4.76. The highest BCUT2D eigenvalue weighted by molar-refractivity contribution is 7.99. The molecule has 2 amide bonds. The number of thioether (sulfide) groups is 1. The number of rotatable bonds is 5. The largest absolute Gasteiger partial charge is 0.319 e. The highest BCUT2D eigenvalue weighted by Crippen LogP contribution is 2.37. The summed E-state index contributed by atoms with van der Waals surface area (Å²) < 4.78 is 27.9. The van der Waals surface area contributed by atoms with E-state index in [1.54, 1.807) is 24.3 Å². The van der Waals surface area contributed by atoms with Crippen molar-refractivity contribution in [1.29, 1.82) is 0 Å². The van der Waals surface area contributed by atoms with Gasteiger partial charge in [-0.2, -0.15) is 0 Å². The Morgan fingerprint density at radius 2 is 1.79 bits per heavy atom. The van der Waals surface area contributed by atoms with E-state index in [0.29, 0.717) is 21.3 Å². The zero-order valence-electron chi connectivity index (χ0n) is 17.6. The molecule has 3 aromatic carbocycles. The number of anilines is 2. The second kappa shape index (κ2) is 11.1. The predicted molar refractivity (Wildman–Crippen MR) is 132 cm³/mol. The number of benzene rings is 3. The number of fused-ring (bicyclic) bond motifs is 1. The van der Waals surface area contributed by atoms with E-state index < -0.39 is 23.6 Å². The van der Waals surface area contributed by atoms with Crippen molar-refractivity contribution >= 4 is 59.0 Å². The monoisotopic (exact) mass is 524 g/mol. The number of carbonyl (C=O) groups is 2. The van der Waals surface area contributed by atoms with E-state index >= 15 is 0 Å². The Morgan fingerprint density at radius 3 is 2.47 bits per heavy atom. The summed E-state index contributed by atoms with van der Waals surface area (Å²) in [5.74, 6) is -1.98. The van der Waals surface area contributed by atoms with Crippen LogP contribution in [0.25, 0.3) is 0 Å². The summed E-state index contributed by atoms with van der Waals surface area (Å²) >= 11 is 7.21. The zero-order valence-corrected chi connectivity index (χ0v) is 19.9. The molecule has 0 saturated heterocycles. The average Bonchev–Trinajstić information content (AvgIpc) is 2.91. The standard InChI is InChI=1S/C23H19ClF2N4O2S.ClH/c24-14-3-1-13(2-4-14)11-30-20-9-17(18(26)10-21(20)33-12-19(27)23(30)32)22(31)29-28-16-7-5-15(25)6-8-16;/h1-10,19,28H,11-12,27H2,(H,29,31);1H/t19-;/m0./s1. The van der Waals surface area contributed by atoms with Crippen LogP contribution in [0.4, 0.5) is 20.2 Å². The maximum absolute atomic E-state index is 14.8. The van der Waals surface area contributed by atoms with Gasteiger partial charge in [-0.1, -0.05) is 23.7 Å². The van der Waals surface area contributed by atoms with Gasteiger partial charge in [-0.3, -0.25) is 20.4 Å². The molecule has 4 rings (SSSR count). The van der Waals surface area contributed by atoms with Crippen molar-refractivity contribution in [2.45, 2.75) is 17.5 Å². The maximum atomic E-state index is 14.8. The van der Waals surface area contributed by atoms with Crippen LogP contribution in [-0.4, -0.2) is 23.6 Å². The van der Waals surface area contributed by atoms with Crippen LogP contribution in [0, 0.1) is 11.6 Å². The normalized spacial score (nSPS) is 15.1. The number of halogens is 4. The third kappa shape index (κ3) is 5.79. The van der Waals surface area contributed by atoms with Gasteiger partial charge in [0.2, 0.25) is 5.91 Å². The molecule has 1 aliphatic rings. The molecular weight excluding hydrogens is 505 g/mol. The fraction of sp³-hybridized carbons (Fsp3) is 0.130. The van der Waals surface area contributed by atoms with Crippen molar-refractivity contribution < 1.29 is 18.4 Å². The third-order valence-electron chi connectivity index (χ3n) is 5.00. The van der Waals surface area contributed by atoms with Gasteiger partial charge in [0.15, 0.2) is 0 Å². The summed E-state index contributed by atoms with van der Waals surface area (Å²) in [7, 11) is 0. The van der Waals surface area contributed by atoms with Gasteiger partial charge in [0.1, 0.15) is 11.6 Å². The van der Waals surface area contributed by atoms with Gasteiger partial charge >= 0.3 is 0 Å². The first-order valence-electron chi connectivity index (χ1n) is 9.91. The average molecular weight is 525 g/mol. The molecule has 0 aliphatic carbocycles. The second-order valence-electron chi connectivity index (χ2n) is 7.35. The second-order valence-corrected chi connectivity index (χ2v) is 8.85. The van der Waals surface area contributed by atoms with Gasteiger partial charge in [0, 0.05) is 15.7 Å². The van der Waals surface area contributed by atoms with Crippen LogP contribution in [0.3, 0.4) is 0 Å². The van der Waals surface area contributed by atoms with Crippen molar-refractivity contribution in [3.05, 3.63) is 88.4 Å². The summed E-state index contributed by atoms with van der Waals surface area (Å²) in [6.45, 7) is 0.178. The first-order chi connectivity index (χ1) is 15.8. The van der Waals surface area contributed by atoms with Gasteiger partial charge in [-0.05, 0) is 54.1 Å². The van der Waals surface area contributed by atoms with Crippen LogP contribution >= 0.6 is 35.8 Å². The van der Waals surface area contributed by atoms with Crippen LogP contribution < -0.4 is 21.5 Å². The topological polar surface area (TPSA) is 87.5 Å². The lowest BCUT2D eigenvalue weighted by Crippen LogP contribution is -2.44. The van der Waals surface area contributed by atoms with E-state index in [0.717, 1.165) is 5.56 Å². The number of hydrogen-bond donors (Lipinski definition) is 3. The Labute approximate surface area is 210 Å². The summed E-state index contributed by atoms with van der Waals surface area (Å²) in [5.41, 5.74) is 12.4. The van der Waals surface area contributed by atoms with Crippen LogP contribution in [-0.2, 0) is 11.3 Å². The first kappa shape index (κ1) is 25.8. The van der Waals surface area contributed by atoms with E-state index in [1.807, 2.05) is 0 Å². The molecule has 0 fully saturated rings. The van der Waals surface area contributed by atoms with Crippen molar-refractivity contribution in [2.24, 2.45) is 5.73 Å². The van der Waals surface area contributed by atoms with Crippen LogP contribution in [0.15, 0.2) is 65.6 Å². The van der Waals surface area contributed by atoms with Crippen molar-refractivity contribution in [2.75, 3.05) is 16.1 Å². The number of hydrogen-bond acceptors (Lipinski definition) is 5. The van der Waals surface area contributed by atoms with Crippen molar-refractivity contribution in [3.63, 3.8) is 0 Å². The van der Waals surface area contributed by atoms with Crippen molar-refractivity contribution in [1.82, 2.24) is 5.43 Å². The van der Waals surface area contributed by atoms with Gasteiger partial charge in [-0.25, -0.2) is 8.78 Å². The van der Waals surface area contributed by atoms with Gasteiger partial charge in [0.05, 0.1) is 29.5 Å². The lowest BCUT2D eigenvalue weighted by atomic mass is 10.1. The number of hydrazine groups is 1. The molecule has 0 saturated carbocycles.